The van der Waals surface area contributed by atoms with Crippen molar-refractivity contribution < 1.29 is 19.1 Å². The van der Waals surface area contributed by atoms with Gasteiger partial charge in [0, 0.05) is 13.1 Å². The second-order valence-corrected chi connectivity index (χ2v) is 8.98. The van der Waals surface area contributed by atoms with Crippen LogP contribution in [0.15, 0.2) is 36.4 Å². The largest absolute Gasteiger partial charge is 0.479 e. The molecule has 0 spiro atoms. The van der Waals surface area contributed by atoms with E-state index in [2.05, 4.69) is 5.32 Å². The molecule has 1 N–H and O–H groups in total. The lowest BCUT2D eigenvalue weighted by Crippen LogP contribution is -2.36. The first-order valence-corrected chi connectivity index (χ1v) is 10.3. The monoisotopic (exact) mass is 450 g/mol. The molecule has 1 aliphatic rings. The maximum Gasteiger partial charge on any atom is 0.410 e. The summed E-state index contributed by atoms with van der Waals surface area (Å²) in [6, 6.07) is 10.7. The lowest BCUT2D eigenvalue weighted by atomic mass is 10.1. The van der Waals surface area contributed by atoms with Gasteiger partial charge in [0.15, 0.2) is 6.10 Å². The number of benzene rings is 2. The molecular weight excluding hydrogens is 427 g/mol. The Morgan fingerprint density at radius 3 is 2.37 bits per heavy atom. The fraction of sp³-hybridized carbons (Fsp3) is 0.364. The molecule has 30 heavy (non-hydrogen) atoms. The smallest absolute Gasteiger partial charge is 0.410 e. The number of rotatable bonds is 4. The predicted octanol–water partition coefficient (Wildman–Crippen LogP) is 5.65. The number of carbonyl (C=O) groups is 2. The molecule has 3 rings (SSSR count). The average Bonchev–Trinajstić information content (AvgIpc) is 2.64. The van der Waals surface area contributed by atoms with Crippen molar-refractivity contribution in [2.24, 2.45) is 0 Å². The van der Waals surface area contributed by atoms with Gasteiger partial charge < -0.3 is 14.8 Å². The molecule has 2 aromatic carbocycles. The van der Waals surface area contributed by atoms with Gasteiger partial charge >= 0.3 is 6.09 Å². The highest BCUT2D eigenvalue weighted by atomic mass is 35.5. The maximum atomic E-state index is 12.9. The van der Waals surface area contributed by atoms with Crippen LogP contribution >= 0.6 is 23.2 Å². The van der Waals surface area contributed by atoms with Crippen molar-refractivity contribution in [3.8, 4) is 5.75 Å². The Morgan fingerprint density at radius 2 is 1.73 bits per heavy atom. The summed E-state index contributed by atoms with van der Waals surface area (Å²) < 4.78 is 11.2. The molecule has 0 aliphatic carbocycles. The number of anilines is 1. The lowest BCUT2D eigenvalue weighted by molar-refractivity contribution is -0.122. The number of ether oxygens (including phenoxy) is 2. The fourth-order valence-electron chi connectivity index (χ4n) is 2.94. The van der Waals surface area contributed by atoms with E-state index in [1.54, 1.807) is 36.1 Å². The van der Waals surface area contributed by atoms with E-state index < -0.39 is 17.8 Å². The van der Waals surface area contributed by atoms with E-state index in [9.17, 15) is 9.59 Å². The normalized spacial score (nSPS) is 15.7. The van der Waals surface area contributed by atoms with Crippen LogP contribution in [0.25, 0.3) is 0 Å². The molecule has 0 aromatic heterocycles. The molecule has 0 saturated carbocycles. The van der Waals surface area contributed by atoms with Crippen molar-refractivity contribution in [3.63, 3.8) is 0 Å². The molecule has 1 atom stereocenters. The van der Waals surface area contributed by atoms with Gasteiger partial charge in [-0.3, -0.25) is 9.69 Å². The summed E-state index contributed by atoms with van der Waals surface area (Å²) in [5.41, 5.74) is 1.58. The summed E-state index contributed by atoms with van der Waals surface area (Å²) in [5, 5.41) is 3.69. The predicted molar refractivity (Wildman–Crippen MR) is 117 cm³/mol. The molecule has 6 nitrogen and oxygen atoms in total. The van der Waals surface area contributed by atoms with Crippen LogP contribution in [0.4, 0.5) is 10.5 Å². The summed E-state index contributed by atoms with van der Waals surface area (Å²) >= 11 is 12.1. The Hall–Kier alpha value is -2.44. The van der Waals surface area contributed by atoms with Crippen molar-refractivity contribution in [3.05, 3.63) is 57.6 Å². The zero-order valence-electron chi connectivity index (χ0n) is 17.3. The minimum atomic E-state index is -0.638. The summed E-state index contributed by atoms with van der Waals surface area (Å²) in [6.45, 7) is 7.68. The van der Waals surface area contributed by atoms with Crippen molar-refractivity contribution in [2.75, 3.05) is 5.32 Å². The molecule has 0 radical (unpaired) electrons. The Balaban J connectivity index is 1.85. The summed E-state index contributed by atoms with van der Waals surface area (Å²) in [6.07, 6.45) is -1.00. The molecule has 0 bridgehead atoms. The molecule has 1 aliphatic heterocycles. The number of halogens is 2. The van der Waals surface area contributed by atoms with Crippen LogP contribution in [-0.2, 0) is 22.6 Å². The summed E-state index contributed by atoms with van der Waals surface area (Å²) in [4.78, 5) is 26.3. The number of amides is 2. The van der Waals surface area contributed by atoms with E-state index >= 15 is 0 Å². The molecular formula is C22H24Cl2N2O4. The van der Waals surface area contributed by atoms with Gasteiger partial charge in [-0.1, -0.05) is 35.3 Å². The van der Waals surface area contributed by atoms with Crippen molar-refractivity contribution >= 4 is 40.9 Å². The quantitative estimate of drug-likeness (QED) is 0.653. The Kier molecular flexibility index (Phi) is 6.48. The van der Waals surface area contributed by atoms with Crippen LogP contribution in [0.1, 0.15) is 38.8 Å². The van der Waals surface area contributed by atoms with Crippen LogP contribution < -0.4 is 10.1 Å². The zero-order chi connectivity index (χ0) is 22.1. The standard InChI is InChI=1S/C22H24Cl2N2O4/c1-13-20(27)25-18-10-15(6-8-19(18)29-13)12-26(21(28)30-22(2,3)4)11-14-5-7-16(23)17(24)9-14/h5-10,13H,11-12H2,1-4H3,(H,25,27). The van der Waals surface area contributed by atoms with Gasteiger partial charge in [0.2, 0.25) is 0 Å². The van der Waals surface area contributed by atoms with Crippen LogP contribution in [0.2, 0.25) is 10.0 Å². The van der Waals surface area contributed by atoms with Crippen LogP contribution in [0.5, 0.6) is 5.75 Å². The third kappa shape index (κ3) is 5.58. The molecule has 1 heterocycles. The van der Waals surface area contributed by atoms with Crippen molar-refractivity contribution in [1.29, 1.82) is 0 Å². The molecule has 0 saturated heterocycles. The van der Waals surface area contributed by atoms with Gasteiger partial charge in [0.1, 0.15) is 11.4 Å². The van der Waals surface area contributed by atoms with Gasteiger partial charge in [0.25, 0.3) is 5.91 Å². The van der Waals surface area contributed by atoms with Crippen molar-refractivity contribution in [1.82, 2.24) is 4.90 Å². The van der Waals surface area contributed by atoms with E-state index in [1.807, 2.05) is 32.9 Å². The van der Waals surface area contributed by atoms with Gasteiger partial charge in [0.05, 0.1) is 15.7 Å². The molecule has 160 valence electrons. The van der Waals surface area contributed by atoms with Crippen LogP contribution in [0, 0.1) is 0 Å². The van der Waals surface area contributed by atoms with E-state index in [0.717, 1.165) is 11.1 Å². The van der Waals surface area contributed by atoms with Gasteiger partial charge in [-0.05, 0) is 63.1 Å². The highest BCUT2D eigenvalue weighted by molar-refractivity contribution is 6.42. The molecule has 0 fully saturated rings. The van der Waals surface area contributed by atoms with Crippen LogP contribution in [-0.4, -0.2) is 28.6 Å². The SMILES string of the molecule is CC1Oc2ccc(CN(Cc3ccc(Cl)c(Cl)c3)C(=O)OC(C)(C)C)cc2NC1=O. The molecule has 8 heteroatoms. The van der Waals surface area contributed by atoms with E-state index in [-0.39, 0.29) is 19.0 Å². The first kappa shape index (κ1) is 22.2. The highest BCUT2D eigenvalue weighted by Gasteiger charge is 2.26. The zero-order valence-corrected chi connectivity index (χ0v) is 18.8. The maximum absolute atomic E-state index is 12.9. The minimum Gasteiger partial charge on any atom is -0.479 e. The van der Waals surface area contributed by atoms with Gasteiger partial charge in [-0.25, -0.2) is 4.79 Å². The number of hydrogen-bond donors (Lipinski definition) is 1. The number of nitrogens with one attached hydrogen (secondary N) is 1. The highest BCUT2D eigenvalue weighted by Crippen LogP contribution is 2.31. The van der Waals surface area contributed by atoms with E-state index in [1.165, 1.54) is 0 Å². The van der Waals surface area contributed by atoms with Crippen LogP contribution in [0.3, 0.4) is 0 Å². The topological polar surface area (TPSA) is 67.9 Å². The third-order valence-electron chi connectivity index (χ3n) is 4.36. The average molecular weight is 451 g/mol. The first-order chi connectivity index (χ1) is 14.0. The third-order valence-corrected chi connectivity index (χ3v) is 5.10. The second kappa shape index (κ2) is 8.74. The number of nitrogens with zero attached hydrogens (tertiary/aromatic N) is 1. The molecule has 2 amide bonds. The lowest BCUT2D eigenvalue weighted by Gasteiger charge is -2.28. The fourth-order valence-corrected chi connectivity index (χ4v) is 3.27. The number of carbonyl (C=O) groups excluding carboxylic acids is 2. The van der Waals surface area contributed by atoms with E-state index in [0.29, 0.717) is 21.5 Å². The second-order valence-electron chi connectivity index (χ2n) is 8.16. The van der Waals surface area contributed by atoms with Gasteiger partial charge in [-0.2, -0.15) is 0 Å². The Labute approximate surface area is 186 Å². The first-order valence-electron chi connectivity index (χ1n) is 9.54. The van der Waals surface area contributed by atoms with E-state index in [4.69, 9.17) is 32.7 Å². The number of fused-ring (bicyclic) bond motifs is 1. The Morgan fingerprint density at radius 1 is 1.10 bits per heavy atom. The minimum absolute atomic E-state index is 0.209. The van der Waals surface area contributed by atoms with Gasteiger partial charge in [-0.15, -0.1) is 0 Å². The summed E-state index contributed by atoms with van der Waals surface area (Å²) in [7, 11) is 0. The summed E-state index contributed by atoms with van der Waals surface area (Å²) in [5.74, 6) is 0.388. The molecule has 2 aromatic rings. The molecule has 1 unspecified atom stereocenters. The number of hydrogen-bond acceptors (Lipinski definition) is 4. The van der Waals surface area contributed by atoms with Crippen molar-refractivity contribution in [2.45, 2.75) is 52.5 Å². The Bertz CT molecular complexity index is 972.